The first-order valence-electron chi connectivity index (χ1n) is 8.54. The molecular weight excluding hydrogens is 258 g/mol. The van der Waals surface area contributed by atoms with E-state index in [9.17, 15) is 0 Å². The predicted molar refractivity (Wildman–Crippen MR) is 88.2 cm³/mol. The monoisotopic (exact) mass is 287 g/mol. The molecule has 1 aromatic rings. The SMILES string of the molecule is CC1CN2CCCCC2CN1C(CCN)c1ccccc1. The van der Waals surface area contributed by atoms with E-state index in [2.05, 4.69) is 47.1 Å². The second kappa shape index (κ2) is 6.91. The molecule has 0 amide bonds. The Morgan fingerprint density at radius 1 is 1.19 bits per heavy atom. The lowest BCUT2D eigenvalue weighted by Gasteiger charge is -2.50. The second-order valence-electron chi connectivity index (χ2n) is 6.69. The molecule has 2 heterocycles. The third-order valence-corrected chi connectivity index (χ3v) is 5.26. The smallest absolute Gasteiger partial charge is 0.0364 e. The maximum atomic E-state index is 5.91. The number of hydrogen-bond acceptors (Lipinski definition) is 3. The van der Waals surface area contributed by atoms with Crippen LogP contribution >= 0.6 is 0 Å². The third-order valence-electron chi connectivity index (χ3n) is 5.26. The van der Waals surface area contributed by atoms with E-state index in [1.807, 2.05) is 0 Å². The van der Waals surface area contributed by atoms with Crippen molar-refractivity contribution in [2.75, 3.05) is 26.2 Å². The van der Waals surface area contributed by atoms with Crippen LogP contribution in [-0.2, 0) is 0 Å². The molecule has 3 rings (SSSR count). The van der Waals surface area contributed by atoms with Gasteiger partial charge in [0.1, 0.15) is 0 Å². The first-order valence-corrected chi connectivity index (χ1v) is 8.54. The van der Waals surface area contributed by atoms with Gasteiger partial charge in [0.25, 0.3) is 0 Å². The Morgan fingerprint density at radius 3 is 2.76 bits per heavy atom. The number of piperazine rings is 1. The van der Waals surface area contributed by atoms with Crippen LogP contribution < -0.4 is 5.73 Å². The van der Waals surface area contributed by atoms with Crippen LogP contribution in [0.5, 0.6) is 0 Å². The van der Waals surface area contributed by atoms with E-state index in [-0.39, 0.29) is 0 Å². The Morgan fingerprint density at radius 2 is 2.00 bits per heavy atom. The average molecular weight is 287 g/mol. The highest BCUT2D eigenvalue weighted by Gasteiger charge is 2.36. The minimum atomic E-state index is 0.482. The molecule has 3 unspecified atom stereocenters. The number of benzene rings is 1. The second-order valence-corrected chi connectivity index (χ2v) is 6.69. The van der Waals surface area contributed by atoms with Gasteiger partial charge in [-0.25, -0.2) is 0 Å². The molecule has 0 saturated carbocycles. The molecule has 0 aromatic heterocycles. The highest BCUT2D eigenvalue weighted by Crippen LogP contribution is 2.32. The van der Waals surface area contributed by atoms with Crippen molar-refractivity contribution >= 4 is 0 Å². The van der Waals surface area contributed by atoms with Crippen LogP contribution in [0.4, 0.5) is 0 Å². The molecule has 2 aliphatic rings. The molecular formula is C18H29N3. The molecule has 2 fully saturated rings. The highest BCUT2D eigenvalue weighted by molar-refractivity contribution is 5.19. The highest BCUT2D eigenvalue weighted by atomic mass is 15.3. The number of hydrogen-bond donors (Lipinski definition) is 1. The predicted octanol–water partition coefficient (Wildman–Crippen LogP) is 2.64. The molecule has 0 aliphatic carbocycles. The number of rotatable bonds is 4. The van der Waals surface area contributed by atoms with Crippen molar-refractivity contribution in [3.05, 3.63) is 35.9 Å². The number of fused-ring (bicyclic) bond motifs is 1. The van der Waals surface area contributed by atoms with Crippen LogP contribution in [0.3, 0.4) is 0 Å². The molecule has 3 atom stereocenters. The summed E-state index contributed by atoms with van der Waals surface area (Å²) in [4.78, 5) is 5.43. The van der Waals surface area contributed by atoms with Gasteiger partial charge in [0.2, 0.25) is 0 Å². The van der Waals surface area contributed by atoms with Gasteiger partial charge in [-0.1, -0.05) is 36.8 Å². The van der Waals surface area contributed by atoms with E-state index >= 15 is 0 Å². The zero-order valence-electron chi connectivity index (χ0n) is 13.2. The van der Waals surface area contributed by atoms with E-state index in [0.29, 0.717) is 12.1 Å². The minimum Gasteiger partial charge on any atom is -0.330 e. The number of nitrogens with two attached hydrogens (primary N) is 1. The zero-order valence-corrected chi connectivity index (χ0v) is 13.2. The fourth-order valence-corrected chi connectivity index (χ4v) is 4.17. The summed E-state index contributed by atoms with van der Waals surface area (Å²) in [7, 11) is 0. The Labute approximate surface area is 129 Å². The Hall–Kier alpha value is -0.900. The Kier molecular flexibility index (Phi) is 4.94. The molecule has 116 valence electrons. The van der Waals surface area contributed by atoms with Crippen LogP contribution in [0.15, 0.2) is 30.3 Å². The van der Waals surface area contributed by atoms with Gasteiger partial charge in [0.15, 0.2) is 0 Å². The fraction of sp³-hybridized carbons (Fsp3) is 0.667. The van der Waals surface area contributed by atoms with Crippen LogP contribution in [0.25, 0.3) is 0 Å². The number of piperidine rings is 1. The van der Waals surface area contributed by atoms with Gasteiger partial charge in [0.05, 0.1) is 0 Å². The molecule has 0 bridgehead atoms. The van der Waals surface area contributed by atoms with Gasteiger partial charge in [0, 0.05) is 31.2 Å². The van der Waals surface area contributed by atoms with Crippen molar-refractivity contribution in [2.45, 2.75) is 50.7 Å². The van der Waals surface area contributed by atoms with Crippen molar-refractivity contribution in [2.24, 2.45) is 5.73 Å². The van der Waals surface area contributed by atoms with Crippen molar-refractivity contribution < 1.29 is 0 Å². The molecule has 2 N–H and O–H groups in total. The standard InChI is InChI=1S/C18H29N3/c1-15-13-20-12-6-5-9-17(20)14-21(15)18(10-11-19)16-7-3-2-4-8-16/h2-4,7-8,15,17-18H,5-6,9-14,19H2,1H3. The first kappa shape index (κ1) is 15.0. The summed E-state index contributed by atoms with van der Waals surface area (Å²) in [6.07, 6.45) is 5.21. The molecule has 3 nitrogen and oxygen atoms in total. The van der Waals surface area contributed by atoms with E-state index in [1.54, 1.807) is 0 Å². The van der Waals surface area contributed by atoms with Gasteiger partial charge in [-0.3, -0.25) is 9.80 Å². The summed E-state index contributed by atoms with van der Waals surface area (Å²) >= 11 is 0. The normalized spacial score (nSPS) is 29.0. The third kappa shape index (κ3) is 3.31. The average Bonchev–Trinajstić information content (AvgIpc) is 2.53. The topological polar surface area (TPSA) is 32.5 Å². The van der Waals surface area contributed by atoms with Crippen LogP contribution in [0.2, 0.25) is 0 Å². The van der Waals surface area contributed by atoms with E-state index < -0.39 is 0 Å². The summed E-state index contributed by atoms with van der Waals surface area (Å²) in [5.41, 5.74) is 7.34. The molecule has 2 saturated heterocycles. The first-order chi connectivity index (χ1) is 10.3. The number of nitrogens with zero attached hydrogens (tertiary/aromatic N) is 2. The van der Waals surface area contributed by atoms with Crippen LogP contribution in [0.1, 0.15) is 44.2 Å². The largest absolute Gasteiger partial charge is 0.330 e. The zero-order chi connectivity index (χ0) is 14.7. The maximum Gasteiger partial charge on any atom is 0.0364 e. The van der Waals surface area contributed by atoms with Crippen LogP contribution in [-0.4, -0.2) is 48.1 Å². The molecule has 21 heavy (non-hydrogen) atoms. The van der Waals surface area contributed by atoms with E-state index in [4.69, 9.17) is 5.73 Å². The van der Waals surface area contributed by atoms with Gasteiger partial charge in [-0.2, -0.15) is 0 Å². The summed E-state index contributed by atoms with van der Waals surface area (Å²) < 4.78 is 0. The molecule has 2 aliphatic heterocycles. The van der Waals surface area contributed by atoms with Crippen LogP contribution in [0, 0.1) is 0 Å². The maximum absolute atomic E-state index is 5.91. The van der Waals surface area contributed by atoms with Crippen molar-refractivity contribution in [1.29, 1.82) is 0 Å². The summed E-state index contributed by atoms with van der Waals surface area (Å²) in [6, 6.07) is 12.8. The molecule has 1 aromatic carbocycles. The van der Waals surface area contributed by atoms with Crippen molar-refractivity contribution in [1.82, 2.24) is 9.80 Å². The molecule has 0 spiro atoms. The summed E-state index contributed by atoms with van der Waals surface area (Å²) in [5, 5.41) is 0. The van der Waals surface area contributed by atoms with E-state index in [0.717, 1.165) is 19.0 Å². The quantitative estimate of drug-likeness (QED) is 0.924. The summed E-state index contributed by atoms with van der Waals surface area (Å²) in [5.74, 6) is 0. The van der Waals surface area contributed by atoms with Gasteiger partial charge >= 0.3 is 0 Å². The lowest BCUT2D eigenvalue weighted by atomic mass is 9.93. The molecule has 0 radical (unpaired) electrons. The van der Waals surface area contributed by atoms with Gasteiger partial charge < -0.3 is 5.73 Å². The fourth-order valence-electron chi connectivity index (χ4n) is 4.17. The Balaban J connectivity index is 1.78. The minimum absolute atomic E-state index is 0.482. The summed E-state index contributed by atoms with van der Waals surface area (Å²) in [6.45, 7) is 6.88. The van der Waals surface area contributed by atoms with Crippen molar-refractivity contribution in [3.63, 3.8) is 0 Å². The Bertz CT molecular complexity index is 433. The van der Waals surface area contributed by atoms with Gasteiger partial charge in [-0.15, -0.1) is 0 Å². The van der Waals surface area contributed by atoms with Crippen molar-refractivity contribution in [3.8, 4) is 0 Å². The van der Waals surface area contributed by atoms with Gasteiger partial charge in [-0.05, 0) is 44.8 Å². The lowest BCUT2D eigenvalue weighted by Crippen LogP contribution is -2.59. The molecule has 3 heteroatoms. The lowest BCUT2D eigenvalue weighted by molar-refractivity contribution is -0.00996. The van der Waals surface area contributed by atoms with E-state index in [1.165, 1.54) is 44.5 Å².